The number of rotatable bonds is 5. The largest absolute Gasteiger partial charge is 0.467 e. The van der Waals surface area contributed by atoms with Crippen LogP contribution < -0.4 is 10.6 Å². The van der Waals surface area contributed by atoms with Gasteiger partial charge in [0.1, 0.15) is 11.4 Å². The number of carbonyl (C=O) groups excluding carboxylic acids is 3. The first kappa shape index (κ1) is 17.0. The van der Waals surface area contributed by atoms with Crippen molar-refractivity contribution in [1.29, 1.82) is 0 Å². The van der Waals surface area contributed by atoms with Gasteiger partial charge in [-0.25, -0.2) is 9.48 Å². The fourth-order valence-corrected chi connectivity index (χ4v) is 2.34. The molecule has 0 aromatic carbocycles. The fraction of sp³-hybridized carbons (Fsp3) is 0.600. The van der Waals surface area contributed by atoms with Crippen LogP contribution >= 0.6 is 0 Å². The van der Waals surface area contributed by atoms with E-state index in [1.807, 2.05) is 6.92 Å². The zero-order chi connectivity index (χ0) is 17.2. The van der Waals surface area contributed by atoms with Crippen LogP contribution in [0.5, 0.6) is 0 Å². The van der Waals surface area contributed by atoms with Crippen molar-refractivity contribution < 1.29 is 19.1 Å². The maximum Gasteiger partial charge on any atom is 0.330 e. The van der Waals surface area contributed by atoms with Gasteiger partial charge in [0, 0.05) is 6.07 Å². The number of hydrogen-bond donors (Lipinski definition) is 2. The molecule has 23 heavy (non-hydrogen) atoms. The maximum absolute atomic E-state index is 12.0. The first-order valence-corrected chi connectivity index (χ1v) is 7.51. The minimum atomic E-state index is -1.29. The summed E-state index contributed by atoms with van der Waals surface area (Å²) in [6, 6.07) is 1.80. The van der Waals surface area contributed by atoms with E-state index in [2.05, 4.69) is 20.5 Å². The van der Waals surface area contributed by atoms with Crippen molar-refractivity contribution in [2.45, 2.75) is 45.2 Å². The van der Waals surface area contributed by atoms with Crippen LogP contribution in [0.15, 0.2) is 12.3 Å². The van der Waals surface area contributed by atoms with Crippen molar-refractivity contribution in [3.8, 4) is 0 Å². The van der Waals surface area contributed by atoms with Crippen LogP contribution in [0, 0.1) is 5.92 Å². The van der Waals surface area contributed by atoms with Crippen molar-refractivity contribution in [1.82, 2.24) is 15.1 Å². The van der Waals surface area contributed by atoms with Crippen molar-refractivity contribution >= 4 is 23.6 Å². The van der Waals surface area contributed by atoms with Gasteiger partial charge in [-0.1, -0.05) is 0 Å². The summed E-state index contributed by atoms with van der Waals surface area (Å²) in [6.45, 7) is 4.95. The molecule has 1 saturated carbocycles. The quantitative estimate of drug-likeness (QED) is 0.618. The highest BCUT2D eigenvalue weighted by molar-refractivity contribution is 6.40. The molecule has 2 rings (SSSR count). The number of amides is 2. The lowest BCUT2D eigenvalue weighted by molar-refractivity contribution is -0.150. The predicted molar refractivity (Wildman–Crippen MR) is 82.5 cm³/mol. The lowest BCUT2D eigenvalue weighted by Gasteiger charge is -2.22. The van der Waals surface area contributed by atoms with E-state index >= 15 is 0 Å². The summed E-state index contributed by atoms with van der Waals surface area (Å²) in [7, 11) is 1.22. The van der Waals surface area contributed by atoms with Gasteiger partial charge in [0.15, 0.2) is 0 Å². The Balaban J connectivity index is 2.00. The molecule has 2 amide bonds. The van der Waals surface area contributed by atoms with Gasteiger partial charge in [-0.05, 0) is 39.5 Å². The van der Waals surface area contributed by atoms with Gasteiger partial charge in [0.05, 0.1) is 19.3 Å². The Morgan fingerprint density at radius 1 is 1.35 bits per heavy atom. The van der Waals surface area contributed by atoms with E-state index in [9.17, 15) is 14.4 Å². The third-order valence-electron chi connectivity index (χ3n) is 3.93. The third kappa shape index (κ3) is 3.88. The molecule has 1 unspecified atom stereocenters. The van der Waals surface area contributed by atoms with Crippen LogP contribution in [0.4, 0.5) is 5.82 Å². The zero-order valence-corrected chi connectivity index (χ0v) is 13.8. The number of hydrogen-bond acceptors (Lipinski definition) is 5. The van der Waals surface area contributed by atoms with E-state index in [1.165, 1.54) is 21.0 Å². The fourth-order valence-electron chi connectivity index (χ4n) is 2.34. The standard InChI is InChI=1S/C15H22N4O4/c1-9(10-5-6-10)19-11(7-8-16-19)17-12(20)13(21)18-15(2,3)14(22)23-4/h7-10H,5-6H2,1-4H3,(H,17,20)(H,18,21). The number of aromatic nitrogens is 2. The lowest BCUT2D eigenvalue weighted by Crippen LogP contribution is -2.53. The lowest BCUT2D eigenvalue weighted by atomic mass is 10.1. The summed E-state index contributed by atoms with van der Waals surface area (Å²) in [5.41, 5.74) is -1.29. The van der Waals surface area contributed by atoms with Crippen molar-refractivity contribution in [2.24, 2.45) is 5.92 Å². The Labute approximate surface area is 134 Å². The van der Waals surface area contributed by atoms with Gasteiger partial charge < -0.3 is 15.4 Å². The number of carbonyl (C=O) groups is 3. The average Bonchev–Trinajstić information content (AvgIpc) is 3.25. The van der Waals surface area contributed by atoms with Crippen molar-refractivity contribution in [2.75, 3.05) is 12.4 Å². The summed E-state index contributed by atoms with van der Waals surface area (Å²) in [6.07, 6.45) is 3.86. The molecule has 1 atom stereocenters. The minimum Gasteiger partial charge on any atom is -0.467 e. The van der Waals surface area contributed by atoms with E-state index < -0.39 is 23.3 Å². The van der Waals surface area contributed by atoms with Crippen molar-refractivity contribution in [3.05, 3.63) is 12.3 Å². The summed E-state index contributed by atoms with van der Waals surface area (Å²) < 4.78 is 6.29. The van der Waals surface area contributed by atoms with Gasteiger partial charge in [0.25, 0.3) is 0 Å². The van der Waals surface area contributed by atoms with Crippen LogP contribution in [0.3, 0.4) is 0 Å². The number of ether oxygens (including phenoxy) is 1. The minimum absolute atomic E-state index is 0.162. The zero-order valence-electron chi connectivity index (χ0n) is 13.8. The van der Waals surface area contributed by atoms with Gasteiger partial charge in [-0.3, -0.25) is 9.59 Å². The number of anilines is 1. The molecule has 0 bridgehead atoms. The number of nitrogens with one attached hydrogen (secondary N) is 2. The Hall–Kier alpha value is -2.38. The highest BCUT2D eigenvalue weighted by Gasteiger charge is 2.34. The highest BCUT2D eigenvalue weighted by Crippen LogP contribution is 2.40. The summed E-state index contributed by atoms with van der Waals surface area (Å²) >= 11 is 0. The van der Waals surface area contributed by atoms with Crippen molar-refractivity contribution in [3.63, 3.8) is 0 Å². The molecular formula is C15H22N4O4. The second-order valence-electron chi connectivity index (χ2n) is 6.26. The topological polar surface area (TPSA) is 102 Å². The molecule has 1 aromatic rings. The van der Waals surface area contributed by atoms with Crippen LogP contribution in [0.25, 0.3) is 0 Å². The van der Waals surface area contributed by atoms with Gasteiger partial charge in [-0.2, -0.15) is 5.10 Å². The smallest absolute Gasteiger partial charge is 0.330 e. The Kier molecular flexibility index (Phi) is 4.72. The van der Waals surface area contributed by atoms with E-state index in [0.29, 0.717) is 11.7 Å². The maximum atomic E-state index is 12.0. The number of nitrogens with zero attached hydrogens (tertiary/aromatic N) is 2. The molecule has 0 radical (unpaired) electrons. The Morgan fingerprint density at radius 2 is 2.00 bits per heavy atom. The third-order valence-corrected chi connectivity index (χ3v) is 3.93. The summed E-state index contributed by atoms with van der Waals surface area (Å²) in [5, 5.41) is 9.08. The second-order valence-corrected chi connectivity index (χ2v) is 6.26. The molecule has 0 saturated heterocycles. The van der Waals surface area contributed by atoms with Crippen LogP contribution in [-0.2, 0) is 19.1 Å². The van der Waals surface area contributed by atoms with E-state index in [4.69, 9.17) is 0 Å². The van der Waals surface area contributed by atoms with Crippen LogP contribution in [0.1, 0.15) is 39.7 Å². The molecule has 126 valence electrons. The molecule has 1 aromatic heterocycles. The number of methoxy groups -OCH3 is 1. The molecule has 0 spiro atoms. The average molecular weight is 322 g/mol. The highest BCUT2D eigenvalue weighted by atomic mass is 16.5. The summed E-state index contributed by atoms with van der Waals surface area (Å²) in [4.78, 5) is 35.6. The monoisotopic (exact) mass is 322 g/mol. The molecule has 1 aliphatic carbocycles. The molecule has 1 aliphatic rings. The molecule has 0 aliphatic heterocycles. The van der Waals surface area contributed by atoms with Crippen LogP contribution in [-0.4, -0.2) is 40.2 Å². The van der Waals surface area contributed by atoms with E-state index in [1.54, 1.807) is 16.9 Å². The van der Waals surface area contributed by atoms with Crippen LogP contribution in [0.2, 0.25) is 0 Å². The molecule has 8 heteroatoms. The van der Waals surface area contributed by atoms with Gasteiger partial charge in [-0.15, -0.1) is 0 Å². The van der Waals surface area contributed by atoms with Gasteiger partial charge in [0.2, 0.25) is 0 Å². The molecule has 1 heterocycles. The first-order chi connectivity index (χ1) is 10.8. The predicted octanol–water partition coefficient (Wildman–Crippen LogP) is 0.860. The van der Waals surface area contributed by atoms with Gasteiger partial charge >= 0.3 is 17.8 Å². The molecule has 2 N–H and O–H groups in total. The molecule has 8 nitrogen and oxygen atoms in total. The second kappa shape index (κ2) is 6.39. The molecular weight excluding hydrogens is 300 g/mol. The summed E-state index contributed by atoms with van der Waals surface area (Å²) in [5.74, 6) is -1.39. The van der Waals surface area contributed by atoms with E-state index in [0.717, 1.165) is 12.8 Å². The molecule has 1 fully saturated rings. The number of esters is 1. The Bertz CT molecular complexity index is 619. The normalized spacial score (nSPS) is 15.7. The van der Waals surface area contributed by atoms with E-state index in [-0.39, 0.29) is 6.04 Å². The Morgan fingerprint density at radius 3 is 2.57 bits per heavy atom. The SMILES string of the molecule is COC(=O)C(C)(C)NC(=O)C(=O)Nc1ccnn1C(C)C1CC1. The first-order valence-electron chi connectivity index (χ1n) is 7.51.